The van der Waals surface area contributed by atoms with E-state index in [-0.39, 0.29) is 30.9 Å². The third kappa shape index (κ3) is 4.91. The highest BCUT2D eigenvalue weighted by Crippen LogP contribution is 2.19. The molecular formula is C14H25N3O4. The molecule has 1 atom stereocenters. The van der Waals surface area contributed by atoms with Crippen molar-refractivity contribution in [2.75, 3.05) is 19.6 Å². The fourth-order valence-electron chi connectivity index (χ4n) is 2.46. The topological polar surface area (TPSA) is 90.0 Å². The Morgan fingerprint density at radius 3 is 2.57 bits per heavy atom. The Balaban J connectivity index is 2.69. The maximum absolute atomic E-state index is 12.5. The number of carbonyl (C=O) groups is 3. The Labute approximate surface area is 125 Å². The largest absolute Gasteiger partial charge is 0.481 e. The average molecular weight is 299 g/mol. The van der Waals surface area contributed by atoms with E-state index >= 15 is 0 Å². The molecule has 2 N–H and O–H groups in total. The van der Waals surface area contributed by atoms with Crippen molar-refractivity contribution in [3.8, 4) is 0 Å². The van der Waals surface area contributed by atoms with Crippen molar-refractivity contribution in [3.05, 3.63) is 0 Å². The fraction of sp³-hybridized carbons (Fsp3) is 0.786. The predicted molar refractivity (Wildman–Crippen MR) is 77.9 cm³/mol. The van der Waals surface area contributed by atoms with Crippen molar-refractivity contribution in [2.24, 2.45) is 0 Å². The maximum Gasteiger partial charge on any atom is 0.318 e. The van der Waals surface area contributed by atoms with E-state index in [4.69, 9.17) is 5.11 Å². The van der Waals surface area contributed by atoms with Crippen molar-refractivity contribution < 1.29 is 19.5 Å². The Hall–Kier alpha value is -1.79. The monoisotopic (exact) mass is 299 g/mol. The predicted octanol–water partition coefficient (Wildman–Crippen LogP) is 0.892. The summed E-state index contributed by atoms with van der Waals surface area (Å²) < 4.78 is 0. The molecule has 0 radical (unpaired) electrons. The summed E-state index contributed by atoms with van der Waals surface area (Å²) in [6, 6.07) is -0.684. The van der Waals surface area contributed by atoms with Gasteiger partial charge >= 0.3 is 12.0 Å². The lowest BCUT2D eigenvalue weighted by Gasteiger charge is -2.30. The van der Waals surface area contributed by atoms with Crippen LogP contribution in [0.15, 0.2) is 0 Å². The van der Waals surface area contributed by atoms with Crippen LogP contribution in [-0.4, -0.2) is 64.5 Å². The van der Waals surface area contributed by atoms with Crippen molar-refractivity contribution in [1.29, 1.82) is 0 Å². The van der Waals surface area contributed by atoms with Crippen molar-refractivity contribution in [2.45, 2.75) is 52.1 Å². The van der Waals surface area contributed by atoms with Crippen LogP contribution in [0.3, 0.4) is 0 Å². The molecule has 120 valence electrons. The summed E-state index contributed by atoms with van der Waals surface area (Å²) in [5.41, 5.74) is 0. The van der Waals surface area contributed by atoms with Crippen LogP contribution in [0.5, 0.6) is 0 Å². The zero-order valence-electron chi connectivity index (χ0n) is 13.0. The lowest BCUT2D eigenvalue weighted by atomic mass is 10.2. The van der Waals surface area contributed by atoms with E-state index in [0.29, 0.717) is 19.5 Å². The molecule has 1 aliphatic rings. The molecule has 1 rings (SSSR count). The van der Waals surface area contributed by atoms with Crippen LogP contribution in [0.25, 0.3) is 0 Å². The van der Waals surface area contributed by atoms with Gasteiger partial charge in [-0.05, 0) is 33.6 Å². The number of urea groups is 1. The number of amides is 3. The smallest absolute Gasteiger partial charge is 0.318 e. The van der Waals surface area contributed by atoms with Crippen LogP contribution in [0, 0.1) is 0 Å². The zero-order valence-corrected chi connectivity index (χ0v) is 13.0. The minimum absolute atomic E-state index is 0.0168. The Morgan fingerprint density at radius 2 is 2.05 bits per heavy atom. The number of carbonyl (C=O) groups excluding carboxylic acids is 2. The quantitative estimate of drug-likeness (QED) is 0.762. The molecule has 0 aromatic carbocycles. The molecule has 0 unspecified atom stereocenters. The SMILES string of the molecule is CCN(CCC(=O)O)C(=O)[C@@H]1CCCN1C(=O)NC(C)C. The molecule has 0 bridgehead atoms. The molecule has 7 nitrogen and oxygen atoms in total. The number of nitrogens with zero attached hydrogens (tertiary/aromatic N) is 2. The third-order valence-corrected chi connectivity index (χ3v) is 3.50. The summed E-state index contributed by atoms with van der Waals surface area (Å²) in [5, 5.41) is 11.5. The second-order valence-corrected chi connectivity index (χ2v) is 5.52. The number of nitrogens with one attached hydrogen (secondary N) is 1. The first kappa shape index (κ1) is 17.3. The van der Waals surface area contributed by atoms with Crippen molar-refractivity contribution in [3.63, 3.8) is 0 Å². The van der Waals surface area contributed by atoms with Crippen LogP contribution in [0.2, 0.25) is 0 Å². The number of rotatable bonds is 6. The molecule has 21 heavy (non-hydrogen) atoms. The van der Waals surface area contributed by atoms with E-state index in [2.05, 4.69) is 5.32 Å². The summed E-state index contributed by atoms with van der Waals surface area (Å²) in [6.07, 6.45) is 1.34. The number of carboxylic acid groups (broad SMARTS) is 1. The molecular weight excluding hydrogens is 274 g/mol. The summed E-state index contributed by atoms with van der Waals surface area (Å²) in [7, 11) is 0. The van der Waals surface area contributed by atoms with Crippen LogP contribution in [-0.2, 0) is 9.59 Å². The van der Waals surface area contributed by atoms with Crippen LogP contribution in [0.1, 0.15) is 40.0 Å². The molecule has 1 aliphatic heterocycles. The fourth-order valence-corrected chi connectivity index (χ4v) is 2.46. The molecule has 0 aromatic rings. The number of carboxylic acids is 1. The van der Waals surface area contributed by atoms with Gasteiger partial charge in [0.05, 0.1) is 6.42 Å². The minimum Gasteiger partial charge on any atom is -0.481 e. The number of hydrogen-bond donors (Lipinski definition) is 2. The summed E-state index contributed by atoms with van der Waals surface area (Å²) in [5.74, 6) is -1.09. The Kier molecular flexibility index (Phi) is 6.45. The maximum atomic E-state index is 12.5. The number of aliphatic carboxylic acids is 1. The molecule has 0 aromatic heterocycles. The third-order valence-electron chi connectivity index (χ3n) is 3.50. The first-order valence-corrected chi connectivity index (χ1v) is 7.44. The van der Waals surface area contributed by atoms with E-state index in [0.717, 1.165) is 6.42 Å². The van der Waals surface area contributed by atoms with Gasteiger partial charge in [0.1, 0.15) is 6.04 Å². The van der Waals surface area contributed by atoms with Gasteiger partial charge in [-0.25, -0.2) is 4.79 Å². The molecule has 3 amide bonds. The van der Waals surface area contributed by atoms with Gasteiger partial charge < -0.3 is 20.2 Å². The van der Waals surface area contributed by atoms with Crippen molar-refractivity contribution >= 4 is 17.9 Å². The van der Waals surface area contributed by atoms with Gasteiger partial charge in [0.25, 0.3) is 0 Å². The molecule has 1 fully saturated rings. The standard InChI is InChI=1S/C14H25N3O4/c1-4-16(9-7-12(18)19)13(20)11-6-5-8-17(11)14(21)15-10(2)3/h10-11H,4-9H2,1-3H3,(H,15,21)(H,18,19)/t11-/m0/s1. The molecule has 1 saturated heterocycles. The summed E-state index contributed by atoms with van der Waals surface area (Å²) in [6.45, 7) is 6.74. The molecule has 0 saturated carbocycles. The van der Waals surface area contributed by atoms with E-state index in [9.17, 15) is 14.4 Å². The molecule has 0 aliphatic carbocycles. The summed E-state index contributed by atoms with van der Waals surface area (Å²) in [4.78, 5) is 38.3. The minimum atomic E-state index is -0.929. The van der Waals surface area contributed by atoms with Crippen molar-refractivity contribution in [1.82, 2.24) is 15.1 Å². The average Bonchev–Trinajstić information content (AvgIpc) is 2.87. The number of hydrogen-bond acceptors (Lipinski definition) is 3. The Morgan fingerprint density at radius 1 is 1.38 bits per heavy atom. The first-order valence-electron chi connectivity index (χ1n) is 7.44. The van der Waals surface area contributed by atoms with E-state index < -0.39 is 12.0 Å². The lowest BCUT2D eigenvalue weighted by Crippen LogP contribution is -2.52. The van der Waals surface area contributed by atoms with E-state index in [1.807, 2.05) is 20.8 Å². The van der Waals surface area contributed by atoms with Gasteiger partial charge in [0.15, 0.2) is 0 Å². The van der Waals surface area contributed by atoms with Gasteiger partial charge in [-0.15, -0.1) is 0 Å². The number of likely N-dealkylation sites (N-methyl/N-ethyl adjacent to an activating group) is 1. The molecule has 1 heterocycles. The van der Waals surface area contributed by atoms with Gasteiger partial charge in [-0.2, -0.15) is 0 Å². The van der Waals surface area contributed by atoms with Crippen LogP contribution >= 0.6 is 0 Å². The summed E-state index contributed by atoms with van der Waals surface area (Å²) >= 11 is 0. The van der Waals surface area contributed by atoms with Gasteiger partial charge in [-0.3, -0.25) is 9.59 Å². The molecule has 0 spiro atoms. The van der Waals surface area contributed by atoms with Gasteiger partial charge in [0, 0.05) is 25.7 Å². The highest BCUT2D eigenvalue weighted by atomic mass is 16.4. The highest BCUT2D eigenvalue weighted by Gasteiger charge is 2.36. The number of likely N-dealkylation sites (tertiary alicyclic amines) is 1. The zero-order chi connectivity index (χ0) is 16.0. The molecule has 7 heteroatoms. The normalized spacial score (nSPS) is 17.9. The second-order valence-electron chi connectivity index (χ2n) is 5.52. The van der Waals surface area contributed by atoms with E-state index in [1.165, 1.54) is 4.90 Å². The lowest BCUT2D eigenvalue weighted by molar-refractivity contribution is -0.139. The Bertz CT molecular complexity index is 398. The highest BCUT2D eigenvalue weighted by molar-refractivity contribution is 5.88. The van der Waals surface area contributed by atoms with Crippen LogP contribution < -0.4 is 5.32 Å². The van der Waals surface area contributed by atoms with E-state index in [1.54, 1.807) is 4.90 Å². The van der Waals surface area contributed by atoms with Gasteiger partial charge in [-0.1, -0.05) is 0 Å². The van der Waals surface area contributed by atoms with Gasteiger partial charge in [0.2, 0.25) is 5.91 Å². The second kappa shape index (κ2) is 7.85. The van der Waals surface area contributed by atoms with Crippen LogP contribution in [0.4, 0.5) is 4.79 Å². The first-order chi connectivity index (χ1) is 9.86.